The lowest BCUT2D eigenvalue weighted by molar-refractivity contribution is -0.209. The van der Waals surface area contributed by atoms with Crippen molar-refractivity contribution in [2.75, 3.05) is 20.3 Å². The zero-order valence-electron chi connectivity index (χ0n) is 38.3. The van der Waals surface area contributed by atoms with E-state index in [0.29, 0.717) is 67.5 Å². The van der Waals surface area contributed by atoms with E-state index in [4.69, 9.17) is 18.9 Å². The molecule has 0 radical (unpaired) electrons. The Labute approximate surface area is 370 Å². The van der Waals surface area contributed by atoms with Crippen LogP contribution in [0, 0.1) is 76.9 Å². The average molecular weight is 849 g/mol. The summed E-state index contributed by atoms with van der Waals surface area (Å²) in [7, 11) is 1.45. The van der Waals surface area contributed by atoms with Crippen LogP contribution in [0.1, 0.15) is 147 Å². The maximum absolute atomic E-state index is 12.5. The highest BCUT2D eigenvalue weighted by molar-refractivity contribution is 5.93. The van der Waals surface area contributed by atoms with Crippen molar-refractivity contribution in [1.82, 2.24) is 0 Å². The number of carbonyl (C=O) groups is 2. The number of aliphatic hydroxyl groups is 2. The number of allylic oxidation sites excluding steroid dienone is 4. The molecule has 0 amide bonds. The summed E-state index contributed by atoms with van der Waals surface area (Å²) in [6.07, 6.45) is 15.9. The van der Waals surface area contributed by atoms with Crippen LogP contribution in [0.15, 0.2) is 41.0 Å². The number of methoxy groups -OCH3 is 1. The average Bonchev–Trinajstić information content (AvgIpc) is 3.52. The van der Waals surface area contributed by atoms with Crippen LogP contribution in [0.5, 0.6) is 5.75 Å². The Balaban J connectivity index is 0.775. The molecule has 4 unspecified atom stereocenters. The van der Waals surface area contributed by atoms with E-state index in [1.165, 1.54) is 30.2 Å². The van der Waals surface area contributed by atoms with Crippen LogP contribution in [0.3, 0.4) is 0 Å². The maximum atomic E-state index is 12.5. The van der Waals surface area contributed by atoms with Gasteiger partial charge in [0.05, 0.1) is 32.0 Å². The highest BCUT2D eigenvalue weighted by Crippen LogP contribution is 2.73. The van der Waals surface area contributed by atoms with Gasteiger partial charge in [-0.2, -0.15) is 0 Å². The third-order valence-corrected chi connectivity index (χ3v) is 19.7. The number of epoxide rings is 1. The highest BCUT2D eigenvalue weighted by Gasteiger charge is 2.79. The van der Waals surface area contributed by atoms with Gasteiger partial charge in [-0.3, -0.25) is 9.59 Å². The number of fused-ring (bicyclic) bond motifs is 8. The van der Waals surface area contributed by atoms with Crippen molar-refractivity contribution < 1.29 is 38.7 Å². The molecule has 0 aromatic heterocycles. The minimum atomic E-state index is -0.404. The molecule has 16 atom stereocenters. The van der Waals surface area contributed by atoms with Gasteiger partial charge in [0, 0.05) is 18.8 Å². The zero-order chi connectivity index (χ0) is 43.3. The summed E-state index contributed by atoms with van der Waals surface area (Å²) >= 11 is 0. The van der Waals surface area contributed by atoms with Crippen molar-refractivity contribution in [2.45, 2.75) is 173 Å². The quantitative estimate of drug-likeness (QED) is 0.104. The summed E-state index contributed by atoms with van der Waals surface area (Å²) in [5.41, 5.74) is 6.15. The molecule has 1 saturated heterocycles. The second-order valence-corrected chi connectivity index (χ2v) is 22.1. The minimum Gasteiger partial charge on any atom is -0.491 e. The normalized spacial score (nSPS) is 44.2. The first kappa shape index (κ1) is 43.0. The van der Waals surface area contributed by atoms with E-state index in [-0.39, 0.29) is 57.8 Å². The van der Waals surface area contributed by atoms with Crippen molar-refractivity contribution in [1.29, 1.82) is 0 Å². The lowest BCUT2D eigenvalue weighted by Gasteiger charge is -2.63. The SMILES string of the molecule is CC#C[C@]12CCC3C4CCC5=CC(=O)CCC5=C4[C@@H](c4ccc(OCCO[C@H]5CC[C@@]6(C)C(C5)C[C@@H](O)[C@H]5[C@@H]7CCC([C@H](C)CCC(=O)OC)[C@@]7(C)[C@@H](O)C[C@@H]56)c(C)c4)C[C@@]31O2. The van der Waals surface area contributed by atoms with Gasteiger partial charge in [-0.1, -0.05) is 44.4 Å². The summed E-state index contributed by atoms with van der Waals surface area (Å²) in [5.74, 6) is 10.8. The molecule has 6 saturated carbocycles. The molecule has 0 bridgehead atoms. The number of esters is 1. The predicted molar refractivity (Wildman–Crippen MR) is 237 cm³/mol. The number of ether oxygens (including phenoxy) is 4. The third-order valence-electron chi connectivity index (χ3n) is 19.7. The lowest BCUT2D eigenvalue weighted by atomic mass is 9.43. The Morgan fingerprint density at radius 3 is 2.61 bits per heavy atom. The van der Waals surface area contributed by atoms with Crippen molar-refractivity contribution in [3.63, 3.8) is 0 Å². The van der Waals surface area contributed by atoms with Crippen molar-refractivity contribution in [3.05, 3.63) is 52.1 Å². The van der Waals surface area contributed by atoms with Crippen LogP contribution in [0.25, 0.3) is 0 Å². The van der Waals surface area contributed by atoms with Gasteiger partial charge in [-0.25, -0.2) is 0 Å². The van der Waals surface area contributed by atoms with Gasteiger partial charge in [0.25, 0.3) is 0 Å². The van der Waals surface area contributed by atoms with Crippen molar-refractivity contribution >= 4 is 11.8 Å². The largest absolute Gasteiger partial charge is 0.491 e. The van der Waals surface area contributed by atoms with E-state index < -0.39 is 6.10 Å². The van der Waals surface area contributed by atoms with E-state index >= 15 is 0 Å². The molecule has 2 N–H and O–H groups in total. The van der Waals surface area contributed by atoms with Gasteiger partial charge in [0.15, 0.2) is 11.4 Å². The smallest absolute Gasteiger partial charge is 0.305 e. The molecule has 62 heavy (non-hydrogen) atoms. The molecular weight excluding hydrogens is 777 g/mol. The Morgan fingerprint density at radius 2 is 1.82 bits per heavy atom. The van der Waals surface area contributed by atoms with Crippen LogP contribution < -0.4 is 4.74 Å². The number of carbonyl (C=O) groups excluding carboxylic acids is 2. The number of aryl methyl sites for hydroxylation is 1. The number of rotatable bonds is 10. The predicted octanol–water partition coefficient (Wildman–Crippen LogP) is 9.37. The Kier molecular flexibility index (Phi) is 11.0. The second-order valence-electron chi connectivity index (χ2n) is 22.1. The summed E-state index contributed by atoms with van der Waals surface area (Å²) in [4.78, 5) is 24.5. The van der Waals surface area contributed by atoms with Gasteiger partial charge in [0.2, 0.25) is 0 Å². The van der Waals surface area contributed by atoms with E-state index in [2.05, 4.69) is 57.7 Å². The van der Waals surface area contributed by atoms with Gasteiger partial charge >= 0.3 is 5.97 Å². The molecule has 10 rings (SSSR count). The highest BCUT2D eigenvalue weighted by atomic mass is 16.6. The van der Waals surface area contributed by atoms with Crippen molar-refractivity contribution in [3.8, 4) is 17.6 Å². The van der Waals surface area contributed by atoms with Crippen LogP contribution in [-0.2, 0) is 23.8 Å². The summed E-state index contributed by atoms with van der Waals surface area (Å²) < 4.78 is 24.7. The first-order chi connectivity index (χ1) is 29.8. The molecule has 1 heterocycles. The Bertz CT molecular complexity index is 2090. The van der Waals surface area contributed by atoms with Gasteiger partial charge in [-0.15, -0.1) is 5.92 Å². The molecule has 7 fully saturated rings. The minimum absolute atomic E-state index is 0.0733. The Hall–Kier alpha value is -2.96. The molecule has 1 aromatic carbocycles. The van der Waals surface area contributed by atoms with E-state index in [1.54, 1.807) is 5.57 Å². The monoisotopic (exact) mass is 849 g/mol. The summed E-state index contributed by atoms with van der Waals surface area (Å²) in [5, 5.41) is 24.0. The first-order valence-electron chi connectivity index (χ1n) is 24.7. The van der Waals surface area contributed by atoms with E-state index in [0.717, 1.165) is 94.8 Å². The Morgan fingerprint density at radius 1 is 0.984 bits per heavy atom. The molecule has 1 aliphatic heterocycles. The maximum Gasteiger partial charge on any atom is 0.305 e. The fraction of sp³-hybridized carbons (Fsp3) is 0.741. The molecule has 8 nitrogen and oxygen atoms in total. The van der Waals surface area contributed by atoms with E-state index in [9.17, 15) is 19.8 Å². The number of hydrogen-bond acceptors (Lipinski definition) is 8. The van der Waals surface area contributed by atoms with Crippen LogP contribution in [-0.4, -0.2) is 71.8 Å². The fourth-order valence-corrected chi connectivity index (χ4v) is 16.7. The number of aliphatic hydroxyl groups excluding tert-OH is 2. The molecule has 9 aliphatic rings. The molecule has 1 spiro atoms. The molecule has 8 heteroatoms. The molecule has 8 aliphatic carbocycles. The first-order valence-corrected chi connectivity index (χ1v) is 24.7. The van der Waals surface area contributed by atoms with Gasteiger partial charge in [-0.05, 0) is 196 Å². The number of benzene rings is 1. The fourth-order valence-electron chi connectivity index (χ4n) is 16.7. The van der Waals surface area contributed by atoms with E-state index in [1.807, 2.05) is 13.0 Å². The zero-order valence-corrected chi connectivity index (χ0v) is 38.3. The van der Waals surface area contributed by atoms with Crippen LogP contribution >= 0.6 is 0 Å². The number of ketones is 1. The summed E-state index contributed by atoms with van der Waals surface area (Å²) in [6.45, 7) is 12.1. The molecule has 336 valence electrons. The summed E-state index contributed by atoms with van der Waals surface area (Å²) in [6, 6.07) is 6.77. The van der Waals surface area contributed by atoms with Gasteiger partial charge in [0.1, 0.15) is 18.0 Å². The van der Waals surface area contributed by atoms with Crippen molar-refractivity contribution in [2.24, 2.45) is 58.2 Å². The van der Waals surface area contributed by atoms with Crippen LogP contribution in [0.2, 0.25) is 0 Å². The standard InChI is InChI=1S/C54H72O8/c1-7-20-53-22-19-42-39-12-9-34-26-36(55)11-13-38(34)49(39)40(30-54(42,53)62-53)33-10-16-46(32(3)25-33)61-24-23-60-37-18-21-51(4)35(27-37)28-45(56)50-43-15-14-41(31(2)8-17-48(58)59-6)52(43,5)47(57)29-44(50)51/h10,16,25-26,31,35,37,39-45,47,50,56-57H,8-9,11-15,17-19,21-24,27-30H2,1-6H3/t31-,35?,37+,39?,40-,41?,42?,43+,44+,45-,47+,50+,51+,52-,53+,54-/m1/s1. The lowest BCUT2D eigenvalue weighted by Crippen LogP contribution is -2.62. The van der Waals surface area contributed by atoms with Crippen LogP contribution in [0.4, 0.5) is 0 Å². The molecule has 1 aromatic rings. The third kappa shape index (κ3) is 6.58. The number of hydrogen-bond donors (Lipinski definition) is 2. The van der Waals surface area contributed by atoms with Gasteiger partial charge < -0.3 is 29.2 Å². The molecular formula is C54H72O8. The second kappa shape index (κ2) is 15.9. The topological polar surface area (TPSA) is 115 Å².